The Balaban J connectivity index is 1.57. The smallest absolute Gasteiger partial charge is 0.273 e. The van der Waals surface area contributed by atoms with Crippen molar-refractivity contribution in [2.75, 3.05) is 18.4 Å². The molecule has 3 aromatic heterocycles. The molecular formula is C22H28N8O. The molecule has 9 nitrogen and oxygen atoms in total. The van der Waals surface area contributed by atoms with Crippen LogP contribution in [-0.2, 0) is 4.79 Å². The van der Waals surface area contributed by atoms with Gasteiger partial charge in [0.15, 0.2) is 0 Å². The van der Waals surface area contributed by atoms with Gasteiger partial charge in [-0.25, -0.2) is 4.98 Å². The van der Waals surface area contributed by atoms with Crippen molar-refractivity contribution >= 4 is 28.3 Å². The fraction of sp³-hybridized carbons (Fsp3) is 0.364. The van der Waals surface area contributed by atoms with Crippen molar-refractivity contribution in [3.05, 3.63) is 41.5 Å². The maximum atomic E-state index is 12.3. The van der Waals surface area contributed by atoms with Crippen LogP contribution in [0.1, 0.15) is 38.4 Å². The first-order valence-corrected chi connectivity index (χ1v) is 10.4. The number of hydrogen-bond donors (Lipinski definition) is 5. The highest BCUT2D eigenvalue weighted by atomic mass is 16.1. The zero-order valence-electron chi connectivity index (χ0n) is 18.0. The first kappa shape index (κ1) is 20.8. The summed E-state index contributed by atoms with van der Waals surface area (Å²) in [6.45, 7) is 7.37. The molecule has 4 rings (SSSR count). The SMILES string of the molecule is C/C(N)=C(\C)C(=N)C(=O)Nc1cnc2[nH]c(-c3cn(C4CCNCC4)nc3C)cc2c1. The van der Waals surface area contributed by atoms with Crippen LogP contribution in [0.4, 0.5) is 5.69 Å². The van der Waals surface area contributed by atoms with E-state index in [4.69, 9.17) is 16.2 Å². The molecule has 0 saturated carbocycles. The summed E-state index contributed by atoms with van der Waals surface area (Å²) in [7, 11) is 0. The number of aryl methyl sites for hydroxylation is 1. The van der Waals surface area contributed by atoms with Gasteiger partial charge >= 0.3 is 0 Å². The Bertz CT molecular complexity index is 1180. The van der Waals surface area contributed by atoms with Gasteiger partial charge in [-0.15, -0.1) is 0 Å². The first-order chi connectivity index (χ1) is 14.8. The molecule has 0 bridgehead atoms. The fourth-order valence-electron chi connectivity index (χ4n) is 3.79. The number of piperidine rings is 1. The van der Waals surface area contributed by atoms with E-state index in [0.29, 0.717) is 23.0 Å². The van der Waals surface area contributed by atoms with Crippen LogP contribution in [0.2, 0.25) is 0 Å². The number of rotatable bonds is 5. The molecule has 1 aliphatic heterocycles. The number of aromatic nitrogens is 4. The van der Waals surface area contributed by atoms with Crippen molar-refractivity contribution in [3.63, 3.8) is 0 Å². The lowest BCUT2D eigenvalue weighted by Crippen LogP contribution is -2.29. The molecule has 0 unspecified atom stereocenters. The van der Waals surface area contributed by atoms with E-state index in [-0.39, 0.29) is 5.71 Å². The molecule has 0 aromatic carbocycles. The summed E-state index contributed by atoms with van der Waals surface area (Å²) < 4.78 is 2.08. The number of anilines is 1. The lowest BCUT2D eigenvalue weighted by atomic mass is 10.1. The molecule has 9 heteroatoms. The molecule has 31 heavy (non-hydrogen) atoms. The van der Waals surface area contributed by atoms with Gasteiger partial charge in [-0.3, -0.25) is 14.9 Å². The van der Waals surface area contributed by atoms with Crippen molar-refractivity contribution in [1.82, 2.24) is 25.1 Å². The summed E-state index contributed by atoms with van der Waals surface area (Å²) >= 11 is 0. The summed E-state index contributed by atoms with van der Waals surface area (Å²) in [5.74, 6) is -0.515. The van der Waals surface area contributed by atoms with E-state index >= 15 is 0 Å². The quantitative estimate of drug-likeness (QED) is 0.404. The molecule has 3 aromatic rings. The highest BCUT2D eigenvalue weighted by Gasteiger charge is 2.19. The van der Waals surface area contributed by atoms with Crippen LogP contribution in [0.15, 0.2) is 35.8 Å². The highest BCUT2D eigenvalue weighted by Crippen LogP contribution is 2.29. The second-order valence-corrected chi connectivity index (χ2v) is 8.07. The Labute approximate surface area is 180 Å². The van der Waals surface area contributed by atoms with Crippen molar-refractivity contribution in [3.8, 4) is 11.3 Å². The predicted octanol–water partition coefficient (Wildman–Crippen LogP) is 2.87. The van der Waals surface area contributed by atoms with Gasteiger partial charge in [0, 0.05) is 22.8 Å². The normalized spacial score (nSPS) is 15.7. The van der Waals surface area contributed by atoms with Crippen LogP contribution in [0, 0.1) is 12.3 Å². The van der Waals surface area contributed by atoms with E-state index in [1.165, 1.54) is 0 Å². The van der Waals surface area contributed by atoms with Gasteiger partial charge in [0.05, 0.1) is 29.3 Å². The van der Waals surface area contributed by atoms with Crippen LogP contribution in [-0.4, -0.2) is 44.5 Å². The molecular weight excluding hydrogens is 392 g/mol. The lowest BCUT2D eigenvalue weighted by Gasteiger charge is -2.22. The van der Waals surface area contributed by atoms with Gasteiger partial charge in [-0.1, -0.05) is 0 Å². The number of aromatic amines is 1. The number of allylic oxidation sites excluding steroid dienone is 1. The first-order valence-electron chi connectivity index (χ1n) is 10.4. The molecule has 6 N–H and O–H groups in total. The Hall–Kier alpha value is -3.46. The van der Waals surface area contributed by atoms with Gasteiger partial charge in [0.25, 0.3) is 5.91 Å². The van der Waals surface area contributed by atoms with E-state index < -0.39 is 5.91 Å². The maximum Gasteiger partial charge on any atom is 0.273 e. The average molecular weight is 421 g/mol. The summed E-state index contributed by atoms with van der Waals surface area (Å²) in [4.78, 5) is 20.1. The number of fused-ring (bicyclic) bond motifs is 1. The molecule has 0 atom stereocenters. The Morgan fingerprint density at radius 2 is 2.03 bits per heavy atom. The molecule has 4 heterocycles. The number of hydrogen-bond acceptors (Lipinski definition) is 6. The maximum absolute atomic E-state index is 12.3. The van der Waals surface area contributed by atoms with Crippen molar-refractivity contribution in [1.29, 1.82) is 5.41 Å². The van der Waals surface area contributed by atoms with E-state index in [0.717, 1.165) is 53.9 Å². The third-order valence-corrected chi connectivity index (χ3v) is 5.81. The third-order valence-electron chi connectivity index (χ3n) is 5.81. The van der Waals surface area contributed by atoms with E-state index in [1.807, 2.05) is 19.1 Å². The molecule has 0 spiro atoms. The number of carbonyl (C=O) groups is 1. The number of nitrogens with zero attached hydrogens (tertiary/aromatic N) is 3. The summed E-state index contributed by atoms with van der Waals surface area (Å²) in [5.41, 5.74) is 10.6. The zero-order chi connectivity index (χ0) is 22.1. The minimum absolute atomic E-state index is 0.157. The Kier molecular flexibility index (Phi) is 5.60. The number of nitrogens with one attached hydrogen (secondary N) is 4. The third kappa shape index (κ3) is 4.22. The van der Waals surface area contributed by atoms with Crippen LogP contribution in [0.3, 0.4) is 0 Å². The van der Waals surface area contributed by atoms with E-state index in [9.17, 15) is 4.79 Å². The number of pyridine rings is 1. The standard InChI is InChI=1S/C22H28N8O/c1-12(13(2)23)20(24)22(31)27-16-8-15-9-19(28-21(15)26-10-16)18-11-30(29-14(18)3)17-4-6-25-7-5-17/h8-11,17,24-25H,4-7,23H2,1-3H3,(H,26,28)(H,27,31)/b13-12-,24-20?. The van der Waals surface area contributed by atoms with Crippen LogP contribution in [0.25, 0.3) is 22.3 Å². The molecule has 1 amide bonds. The highest BCUT2D eigenvalue weighted by molar-refractivity contribution is 6.47. The largest absolute Gasteiger partial charge is 0.402 e. The average Bonchev–Trinajstić information content (AvgIpc) is 3.36. The summed E-state index contributed by atoms with van der Waals surface area (Å²) in [6, 6.07) is 4.27. The minimum atomic E-state index is -0.515. The molecule has 1 fully saturated rings. The number of carbonyl (C=O) groups excluding carboxylic acids is 1. The van der Waals surface area contributed by atoms with Crippen LogP contribution >= 0.6 is 0 Å². The van der Waals surface area contributed by atoms with Crippen LogP contribution < -0.4 is 16.4 Å². The van der Waals surface area contributed by atoms with Gasteiger partial charge < -0.3 is 21.4 Å². The molecule has 0 aliphatic carbocycles. The monoisotopic (exact) mass is 420 g/mol. The Morgan fingerprint density at radius 3 is 2.74 bits per heavy atom. The summed E-state index contributed by atoms with van der Waals surface area (Å²) in [6.07, 6.45) is 5.83. The van der Waals surface area contributed by atoms with Gasteiger partial charge in [-0.05, 0) is 64.4 Å². The van der Waals surface area contributed by atoms with Gasteiger partial charge in [0.1, 0.15) is 11.4 Å². The fourth-order valence-corrected chi connectivity index (χ4v) is 3.79. The topological polar surface area (TPSA) is 138 Å². The second-order valence-electron chi connectivity index (χ2n) is 8.07. The zero-order valence-corrected chi connectivity index (χ0v) is 18.0. The second kappa shape index (κ2) is 8.35. The number of amides is 1. The van der Waals surface area contributed by atoms with Crippen molar-refractivity contribution in [2.45, 2.75) is 39.7 Å². The van der Waals surface area contributed by atoms with E-state index in [1.54, 1.807) is 20.0 Å². The molecule has 1 saturated heterocycles. The number of H-pyrrole nitrogens is 1. The van der Waals surface area contributed by atoms with Gasteiger partial charge in [-0.2, -0.15) is 5.10 Å². The van der Waals surface area contributed by atoms with Crippen LogP contribution in [0.5, 0.6) is 0 Å². The molecule has 162 valence electrons. The molecule has 0 radical (unpaired) electrons. The lowest BCUT2D eigenvalue weighted by molar-refractivity contribution is -0.110. The van der Waals surface area contributed by atoms with Gasteiger partial charge in [0.2, 0.25) is 0 Å². The predicted molar refractivity (Wildman–Crippen MR) is 122 cm³/mol. The van der Waals surface area contributed by atoms with Crippen molar-refractivity contribution < 1.29 is 4.79 Å². The Morgan fingerprint density at radius 1 is 1.29 bits per heavy atom. The van der Waals surface area contributed by atoms with Crippen molar-refractivity contribution in [2.24, 2.45) is 5.73 Å². The molecule has 1 aliphatic rings. The van der Waals surface area contributed by atoms with E-state index in [2.05, 4.69) is 31.5 Å². The number of nitrogens with two attached hydrogens (primary N) is 1. The summed E-state index contributed by atoms with van der Waals surface area (Å²) in [5, 5.41) is 19.7. The minimum Gasteiger partial charge on any atom is -0.402 e.